The maximum atomic E-state index is 11.7. The van der Waals surface area contributed by atoms with Gasteiger partial charge in [-0.05, 0) is 52.2 Å². The van der Waals surface area contributed by atoms with E-state index in [-0.39, 0.29) is 12.0 Å². The number of carbonyl (C=O) groups excluding carboxylic acids is 1. The minimum Gasteiger partial charge on any atom is -0.465 e. The zero-order valence-corrected chi connectivity index (χ0v) is 12.1. The lowest BCUT2D eigenvalue weighted by atomic mass is 10.0. The molecule has 0 spiro atoms. The summed E-state index contributed by atoms with van der Waals surface area (Å²) in [6.45, 7) is 10.1. The molecule has 0 saturated carbocycles. The number of piperidine rings is 1. The fourth-order valence-electron chi connectivity index (χ4n) is 2.52. The van der Waals surface area contributed by atoms with Gasteiger partial charge in [0.15, 0.2) is 0 Å². The van der Waals surface area contributed by atoms with Crippen molar-refractivity contribution in [3.05, 3.63) is 0 Å². The molecule has 1 atom stereocenters. The number of carbonyl (C=O) groups is 1. The topological polar surface area (TPSA) is 41.6 Å². The Balaban J connectivity index is 2.31. The first-order valence-corrected chi connectivity index (χ1v) is 7.36. The average molecular weight is 256 g/mol. The zero-order chi connectivity index (χ0) is 13.4. The normalized spacial score (nSPS) is 19.7. The summed E-state index contributed by atoms with van der Waals surface area (Å²) >= 11 is 0. The number of nitrogens with one attached hydrogen (secondary N) is 1. The summed E-state index contributed by atoms with van der Waals surface area (Å²) in [5.74, 6) is -0.101. The van der Waals surface area contributed by atoms with E-state index in [1.54, 1.807) is 0 Å². The van der Waals surface area contributed by atoms with E-state index in [1.807, 2.05) is 13.8 Å². The van der Waals surface area contributed by atoms with Crippen molar-refractivity contribution < 1.29 is 9.53 Å². The Morgan fingerprint density at radius 2 is 2.00 bits per heavy atom. The van der Waals surface area contributed by atoms with Crippen LogP contribution in [-0.4, -0.2) is 49.2 Å². The lowest BCUT2D eigenvalue weighted by Crippen LogP contribution is -2.49. The number of rotatable bonds is 7. The van der Waals surface area contributed by atoms with Gasteiger partial charge in [-0.3, -0.25) is 4.79 Å². The summed E-state index contributed by atoms with van der Waals surface area (Å²) in [6.07, 6.45) is 4.29. The molecule has 0 aliphatic carbocycles. The van der Waals surface area contributed by atoms with Crippen molar-refractivity contribution in [1.82, 2.24) is 10.2 Å². The van der Waals surface area contributed by atoms with Crippen LogP contribution in [0.4, 0.5) is 0 Å². The molecule has 4 heteroatoms. The first-order chi connectivity index (χ1) is 8.71. The Hall–Kier alpha value is -0.610. The standard InChI is InChI=1S/C14H28N2O2/c1-4-9-16-10-7-12(8-11-16)15-13(5-2)14(17)18-6-3/h12-13,15H,4-11H2,1-3H3. The maximum absolute atomic E-state index is 11.7. The van der Waals surface area contributed by atoms with E-state index in [0.717, 1.165) is 32.4 Å². The Kier molecular flexibility index (Phi) is 7.28. The lowest BCUT2D eigenvalue weighted by molar-refractivity contribution is -0.146. The van der Waals surface area contributed by atoms with Gasteiger partial charge in [-0.15, -0.1) is 0 Å². The molecule has 0 aromatic rings. The number of ether oxygens (including phenoxy) is 1. The highest BCUT2D eigenvalue weighted by molar-refractivity contribution is 5.75. The summed E-state index contributed by atoms with van der Waals surface area (Å²) in [5, 5.41) is 3.45. The van der Waals surface area contributed by atoms with Gasteiger partial charge >= 0.3 is 5.97 Å². The Bertz CT molecular complexity index is 238. The van der Waals surface area contributed by atoms with Crippen LogP contribution in [0.5, 0.6) is 0 Å². The first-order valence-electron chi connectivity index (χ1n) is 7.36. The van der Waals surface area contributed by atoms with Gasteiger partial charge in [0.25, 0.3) is 0 Å². The van der Waals surface area contributed by atoms with Gasteiger partial charge in [-0.2, -0.15) is 0 Å². The van der Waals surface area contributed by atoms with Gasteiger partial charge < -0.3 is 15.0 Å². The lowest BCUT2D eigenvalue weighted by Gasteiger charge is -2.33. The number of esters is 1. The monoisotopic (exact) mass is 256 g/mol. The molecule has 1 heterocycles. The van der Waals surface area contributed by atoms with E-state index >= 15 is 0 Å². The van der Waals surface area contributed by atoms with Gasteiger partial charge in [-0.1, -0.05) is 13.8 Å². The molecule has 0 radical (unpaired) electrons. The van der Waals surface area contributed by atoms with Crippen LogP contribution < -0.4 is 5.32 Å². The van der Waals surface area contributed by atoms with Gasteiger partial charge in [0, 0.05) is 6.04 Å². The van der Waals surface area contributed by atoms with Crippen molar-refractivity contribution in [1.29, 1.82) is 0 Å². The van der Waals surface area contributed by atoms with Crippen molar-refractivity contribution in [3.63, 3.8) is 0 Å². The molecule has 1 aliphatic heterocycles. The van der Waals surface area contributed by atoms with Gasteiger partial charge in [0.05, 0.1) is 6.61 Å². The van der Waals surface area contributed by atoms with Crippen LogP contribution in [0.15, 0.2) is 0 Å². The van der Waals surface area contributed by atoms with E-state index in [4.69, 9.17) is 4.74 Å². The summed E-state index contributed by atoms with van der Waals surface area (Å²) in [7, 11) is 0. The SMILES string of the molecule is CCCN1CCC(NC(CC)C(=O)OCC)CC1. The summed E-state index contributed by atoms with van der Waals surface area (Å²) < 4.78 is 5.08. The van der Waals surface area contributed by atoms with Gasteiger partial charge in [0.1, 0.15) is 6.04 Å². The van der Waals surface area contributed by atoms with Gasteiger partial charge in [0.2, 0.25) is 0 Å². The highest BCUT2D eigenvalue weighted by atomic mass is 16.5. The third kappa shape index (κ3) is 4.94. The number of hydrogen-bond acceptors (Lipinski definition) is 4. The van der Waals surface area contributed by atoms with E-state index in [2.05, 4.69) is 17.1 Å². The fraction of sp³-hybridized carbons (Fsp3) is 0.929. The van der Waals surface area contributed by atoms with Gasteiger partial charge in [-0.25, -0.2) is 0 Å². The van der Waals surface area contributed by atoms with E-state index in [1.165, 1.54) is 13.0 Å². The molecule has 1 unspecified atom stereocenters. The Morgan fingerprint density at radius 3 is 2.50 bits per heavy atom. The molecular formula is C14H28N2O2. The minimum absolute atomic E-state index is 0.101. The largest absolute Gasteiger partial charge is 0.465 e. The highest BCUT2D eigenvalue weighted by Gasteiger charge is 2.24. The molecule has 1 N–H and O–H groups in total. The maximum Gasteiger partial charge on any atom is 0.323 e. The molecule has 1 saturated heterocycles. The van der Waals surface area contributed by atoms with Crippen molar-refractivity contribution in [2.24, 2.45) is 0 Å². The third-order valence-corrected chi connectivity index (χ3v) is 3.54. The molecule has 4 nitrogen and oxygen atoms in total. The quantitative estimate of drug-likeness (QED) is 0.705. The summed E-state index contributed by atoms with van der Waals surface area (Å²) in [5.41, 5.74) is 0. The third-order valence-electron chi connectivity index (χ3n) is 3.54. The summed E-state index contributed by atoms with van der Waals surface area (Å²) in [4.78, 5) is 14.2. The van der Waals surface area contributed by atoms with Crippen LogP contribution in [0.2, 0.25) is 0 Å². The van der Waals surface area contributed by atoms with E-state index in [0.29, 0.717) is 12.6 Å². The molecular weight excluding hydrogens is 228 g/mol. The molecule has 1 rings (SSSR count). The van der Waals surface area contributed by atoms with Crippen molar-refractivity contribution in [2.75, 3.05) is 26.2 Å². The van der Waals surface area contributed by atoms with Crippen LogP contribution in [-0.2, 0) is 9.53 Å². The highest BCUT2D eigenvalue weighted by Crippen LogP contribution is 2.12. The molecule has 0 bridgehead atoms. The predicted octanol–water partition coefficient (Wildman–Crippen LogP) is 1.79. The second kappa shape index (κ2) is 8.48. The second-order valence-corrected chi connectivity index (χ2v) is 5.00. The van der Waals surface area contributed by atoms with Crippen LogP contribution in [0, 0.1) is 0 Å². The van der Waals surface area contributed by atoms with Crippen LogP contribution in [0.25, 0.3) is 0 Å². The molecule has 1 fully saturated rings. The smallest absolute Gasteiger partial charge is 0.323 e. The van der Waals surface area contributed by atoms with Crippen molar-refractivity contribution in [3.8, 4) is 0 Å². The Morgan fingerprint density at radius 1 is 1.33 bits per heavy atom. The van der Waals surface area contributed by atoms with Crippen LogP contribution >= 0.6 is 0 Å². The number of nitrogens with zero attached hydrogens (tertiary/aromatic N) is 1. The van der Waals surface area contributed by atoms with Crippen LogP contribution in [0.1, 0.15) is 46.5 Å². The first kappa shape index (κ1) is 15.4. The number of likely N-dealkylation sites (tertiary alicyclic amines) is 1. The molecule has 0 aromatic carbocycles. The Labute approximate surface area is 111 Å². The molecule has 0 amide bonds. The van der Waals surface area contributed by atoms with E-state index in [9.17, 15) is 4.79 Å². The summed E-state index contributed by atoms with van der Waals surface area (Å²) in [6, 6.07) is 0.333. The zero-order valence-electron chi connectivity index (χ0n) is 12.1. The fourth-order valence-corrected chi connectivity index (χ4v) is 2.52. The molecule has 106 valence electrons. The minimum atomic E-state index is -0.132. The average Bonchev–Trinajstić information content (AvgIpc) is 2.38. The molecule has 1 aliphatic rings. The van der Waals surface area contributed by atoms with Crippen molar-refractivity contribution in [2.45, 2.75) is 58.5 Å². The van der Waals surface area contributed by atoms with Crippen LogP contribution in [0.3, 0.4) is 0 Å². The predicted molar refractivity (Wildman–Crippen MR) is 73.6 cm³/mol. The van der Waals surface area contributed by atoms with Crippen molar-refractivity contribution >= 4 is 5.97 Å². The molecule has 0 aromatic heterocycles. The molecule has 18 heavy (non-hydrogen) atoms. The number of hydrogen-bond donors (Lipinski definition) is 1. The van der Waals surface area contributed by atoms with E-state index < -0.39 is 0 Å². The second-order valence-electron chi connectivity index (χ2n) is 5.00.